The molecule has 0 aliphatic rings. The van der Waals surface area contributed by atoms with E-state index >= 15 is 0 Å². The molecule has 1 nitrogen and oxygen atoms in total. The Morgan fingerprint density at radius 2 is 1.94 bits per heavy atom. The lowest BCUT2D eigenvalue weighted by Gasteiger charge is -2.07. The van der Waals surface area contributed by atoms with Gasteiger partial charge in [-0.1, -0.05) is 24.3 Å². The van der Waals surface area contributed by atoms with Crippen molar-refractivity contribution in [2.45, 2.75) is 6.92 Å². The maximum Gasteiger partial charge on any atom is 0.145 e. The number of halogens is 2. The number of benzene rings is 2. The molecule has 0 heterocycles. The fourth-order valence-corrected chi connectivity index (χ4v) is 1.90. The fraction of sp³-hybridized carbons (Fsp3) is 0.0769. The molecule has 0 atom stereocenters. The lowest BCUT2D eigenvalue weighted by atomic mass is 10.0. The molecule has 0 aliphatic carbocycles. The molecule has 82 valence electrons. The highest BCUT2D eigenvalue weighted by molar-refractivity contribution is 9.10. The predicted octanol–water partition coefficient (Wildman–Crippen LogP) is 4.15. The Labute approximate surface area is 102 Å². The molecule has 16 heavy (non-hydrogen) atoms. The number of aryl methyl sites for hydroxylation is 1. The number of rotatable bonds is 1. The zero-order valence-electron chi connectivity index (χ0n) is 8.80. The van der Waals surface area contributed by atoms with Crippen molar-refractivity contribution in [3.63, 3.8) is 0 Å². The summed E-state index contributed by atoms with van der Waals surface area (Å²) in [5.74, 6) is -0.259. The van der Waals surface area contributed by atoms with Gasteiger partial charge in [0, 0.05) is 11.3 Å². The maximum absolute atomic E-state index is 13.8. The molecule has 0 fully saturated rings. The van der Waals surface area contributed by atoms with Gasteiger partial charge in [-0.05, 0) is 46.1 Å². The number of nitrogens with two attached hydrogens (primary N) is 1. The summed E-state index contributed by atoms with van der Waals surface area (Å²) in [4.78, 5) is 0. The molecule has 2 rings (SSSR count). The van der Waals surface area contributed by atoms with Crippen molar-refractivity contribution in [2.75, 3.05) is 5.73 Å². The van der Waals surface area contributed by atoms with E-state index in [1.165, 1.54) is 0 Å². The minimum atomic E-state index is -0.259. The van der Waals surface area contributed by atoms with Gasteiger partial charge in [-0.3, -0.25) is 0 Å². The van der Waals surface area contributed by atoms with Crippen molar-refractivity contribution < 1.29 is 4.39 Å². The third kappa shape index (κ3) is 1.95. The monoisotopic (exact) mass is 279 g/mol. The van der Waals surface area contributed by atoms with Gasteiger partial charge in [-0.2, -0.15) is 0 Å². The van der Waals surface area contributed by atoms with Crippen molar-refractivity contribution in [1.82, 2.24) is 0 Å². The third-order valence-corrected chi connectivity index (χ3v) is 3.15. The highest BCUT2D eigenvalue weighted by Gasteiger charge is 2.08. The van der Waals surface area contributed by atoms with Crippen LogP contribution in [0.15, 0.2) is 40.9 Å². The average molecular weight is 280 g/mol. The minimum Gasteiger partial charge on any atom is -0.398 e. The molecule has 0 bridgehead atoms. The molecule has 0 saturated carbocycles. The average Bonchev–Trinajstić information content (AvgIpc) is 2.26. The van der Waals surface area contributed by atoms with Gasteiger partial charge >= 0.3 is 0 Å². The van der Waals surface area contributed by atoms with E-state index in [9.17, 15) is 4.39 Å². The van der Waals surface area contributed by atoms with Crippen molar-refractivity contribution in [3.8, 4) is 11.1 Å². The quantitative estimate of drug-likeness (QED) is 0.780. The standard InChI is InChI=1S/C13H11BrFN/c1-8-5-6-9(7-12(8)16)10-3-2-4-11(14)13(10)15/h2-7H,16H2,1H3. The summed E-state index contributed by atoms with van der Waals surface area (Å²) in [5.41, 5.74) is 8.84. The lowest BCUT2D eigenvalue weighted by Crippen LogP contribution is -1.91. The van der Waals surface area contributed by atoms with Crippen molar-refractivity contribution in [2.24, 2.45) is 0 Å². The van der Waals surface area contributed by atoms with Crippen LogP contribution in [0.2, 0.25) is 0 Å². The van der Waals surface area contributed by atoms with E-state index in [0.717, 1.165) is 11.1 Å². The van der Waals surface area contributed by atoms with Crippen LogP contribution in [0.3, 0.4) is 0 Å². The van der Waals surface area contributed by atoms with Crippen molar-refractivity contribution in [1.29, 1.82) is 0 Å². The van der Waals surface area contributed by atoms with Crippen LogP contribution < -0.4 is 5.73 Å². The first-order valence-electron chi connectivity index (χ1n) is 4.90. The first-order chi connectivity index (χ1) is 7.59. The summed E-state index contributed by atoms with van der Waals surface area (Å²) < 4.78 is 14.3. The van der Waals surface area contributed by atoms with Gasteiger partial charge < -0.3 is 5.73 Å². The molecule has 0 unspecified atom stereocenters. The molecule has 0 aromatic heterocycles. The smallest absolute Gasteiger partial charge is 0.145 e. The van der Waals surface area contributed by atoms with Crippen LogP contribution in [0.4, 0.5) is 10.1 Å². The highest BCUT2D eigenvalue weighted by atomic mass is 79.9. The lowest BCUT2D eigenvalue weighted by molar-refractivity contribution is 0.624. The van der Waals surface area contributed by atoms with Crippen LogP contribution in [0, 0.1) is 12.7 Å². The summed E-state index contributed by atoms with van der Waals surface area (Å²) in [5, 5.41) is 0. The third-order valence-electron chi connectivity index (χ3n) is 2.54. The number of hydrogen-bond donors (Lipinski definition) is 1. The number of nitrogen functional groups attached to an aromatic ring is 1. The second-order valence-electron chi connectivity index (χ2n) is 3.67. The first-order valence-corrected chi connectivity index (χ1v) is 5.69. The summed E-state index contributed by atoms with van der Waals surface area (Å²) in [6.07, 6.45) is 0. The minimum absolute atomic E-state index is 0.259. The first kappa shape index (κ1) is 11.1. The van der Waals surface area contributed by atoms with Gasteiger partial charge in [0.25, 0.3) is 0 Å². The molecule has 0 radical (unpaired) electrons. The van der Waals surface area contributed by atoms with E-state index in [0.29, 0.717) is 15.7 Å². The summed E-state index contributed by atoms with van der Waals surface area (Å²) in [7, 11) is 0. The molecule has 0 amide bonds. The Balaban J connectivity index is 2.59. The number of anilines is 1. The predicted molar refractivity (Wildman–Crippen MR) is 68.7 cm³/mol. The molecule has 2 aromatic carbocycles. The molecule has 0 spiro atoms. The Hall–Kier alpha value is -1.35. The van der Waals surface area contributed by atoms with E-state index in [2.05, 4.69) is 15.9 Å². The zero-order chi connectivity index (χ0) is 11.7. The fourth-order valence-electron chi connectivity index (χ4n) is 1.53. The maximum atomic E-state index is 13.8. The topological polar surface area (TPSA) is 26.0 Å². The van der Waals surface area contributed by atoms with E-state index in [-0.39, 0.29) is 5.82 Å². The Bertz CT molecular complexity index is 537. The van der Waals surface area contributed by atoms with Crippen molar-refractivity contribution >= 4 is 21.6 Å². The van der Waals surface area contributed by atoms with Crippen LogP contribution in [0.1, 0.15) is 5.56 Å². The van der Waals surface area contributed by atoms with E-state index < -0.39 is 0 Å². The molecule has 0 saturated heterocycles. The van der Waals surface area contributed by atoms with Gasteiger partial charge in [-0.25, -0.2) is 4.39 Å². The van der Waals surface area contributed by atoms with E-state index in [1.807, 2.05) is 19.1 Å². The van der Waals surface area contributed by atoms with Crippen molar-refractivity contribution in [3.05, 3.63) is 52.3 Å². The van der Waals surface area contributed by atoms with Gasteiger partial charge in [0.05, 0.1) is 4.47 Å². The van der Waals surface area contributed by atoms with E-state index in [1.54, 1.807) is 24.3 Å². The van der Waals surface area contributed by atoms with Crippen LogP contribution in [0.25, 0.3) is 11.1 Å². The largest absolute Gasteiger partial charge is 0.398 e. The highest BCUT2D eigenvalue weighted by Crippen LogP contribution is 2.29. The molecular weight excluding hydrogens is 269 g/mol. The van der Waals surface area contributed by atoms with E-state index in [4.69, 9.17) is 5.73 Å². The second-order valence-corrected chi connectivity index (χ2v) is 4.53. The van der Waals surface area contributed by atoms with Gasteiger partial charge in [0.2, 0.25) is 0 Å². The zero-order valence-corrected chi connectivity index (χ0v) is 10.4. The summed E-state index contributed by atoms with van der Waals surface area (Å²) in [6, 6.07) is 10.8. The molecule has 2 aromatic rings. The SMILES string of the molecule is Cc1ccc(-c2cccc(Br)c2F)cc1N. The second kappa shape index (κ2) is 4.26. The van der Waals surface area contributed by atoms with Gasteiger partial charge in [0.15, 0.2) is 0 Å². The molecular formula is C13H11BrFN. The normalized spacial score (nSPS) is 10.4. The molecule has 3 heteroatoms. The Morgan fingerprint density at radius 3 is 2.62 bits per heavy atom. The molecule has 0 aliphatic heterocycles. The summed E-state index contributed by atoms with van der Waals surface area (Å²) in [6.45, 7) is 1.93. The van der Waals surface area contributed by atoms with Gasteiger partial charge in [0.1, 0.15) is 5.82 Å². The van der Waals surface area contributed by atoms with Crippen LogP contribution in [-0.4, -0.2) is 0 Å². The van der Waals surface area contributed by atoms with Crippen LogP contribution >= 0.6 is 15.9 Å². The Morgan fingerprint density at radius 1 is 1.19 bits per heavy atom. The van der Waals surface area contributed by atoms with Crippen LogP contribution in [0.5, 0.6) is 0 Å². The molecule has 2 N–H and O–H groups in total. The number of hydrogen-bond acceptors (Lipinski definition) is 1. The summed E-state index contributed by atoms with van der Waals surface area (Å²) >= 11 is 3.17. The Kier molecular flexibility index (Phi) is 2.97. The van der Waals surface area contributed by atoms with Crippen LogP contribution in [-0.2, 0) is 0 Å². The van der Waals surface area contributed by atoms with Gasteiger partial charge in [-0.15, -0.1) is 0 Å².